The quantitative estimate of drug-likeness (QED) is 0.639. The highest BCUT2D eigenvalue weighted by atomic mass is 16.5. The molecule has 6 atom stereocenters. The summed E-state index contributed by atoms with van der Waals surface area (Å²) in [5.74, 6) is 1.76. The van der Waals surface area contributed by atoms with Crippen LogP contribution in [0.1, 0.15) is 33.1 Å². The maximum absolute atomic E-state index is 11.9. The van der Waals surface area contributed by atoms with Crippen LogP contribution in [0.5, 0.6) is 0 Å². The van der Waals surface area contributed by atoms with Gasteiger partial charge in [-0.25, -0.2) is 0 Å². The predicted octanol–water partition coefficient (Wildman–Crippen LogP) is 2.00. The smallest absolute Gasteiger partial charge is 0.309 e. The third kappa shape index (κ3) is 1.15. The molecule has 2 aliphatic carbocycles. The van der Waals surface area contributed by atoms with Crippen LogP contribution >= 0.6 is 0 Å². The molecule has 16 heavy (non-hydrogen) atoms. The Morgan fingerprint density at radius 3 is 2.88 bits per heavy atom. The van der Waals surface area contributed by atoms with Crippen molar-refractivity contribution in [3.63, 3.8) is 0 Å². The normalized spacial score (nSPS) is 54.9. The van der Waals surface area contributed by atoms with Crippen molar-refractivity contribution in [2.45, 2.75) is 44.8 Å². The van der Waals surface area contributed by atoms with Gasteiger partial charge in [-0.1, -0.05) is 0 Å². The van der Waals surface area contributed by atoms with Gasteiger partial charge in [-0.3, -0.25) is 4.79 Å². The molecule has 0 aromatic carbocycles. The van der Waals surface area contributed by atoms with Gasteiger partial charge in [-0.2, -0.15) is 0 Å². The van der Waals surface area contributed by atoms with Crippen molar-refractivity contribution in [2.75, 3.05) is 7.11 Å². The van der Waals surface area contributed by atoms with Crippen molar-refractivity contribution >= 4 is 5.97 Å². The van der Waals surface area contributed by atoms with Gasteiger partial charge in [0, 0.05) is 7.11 Å². The van der Waals surface area contributed by atoms with Crippen LogP contribution in [0.3, 0.4) is 0 Å². The van der Waals surface area contributed by atoms with Crippen molar-refractivity contribution in [3.05, 3.63) is 0 Å². The van der Waals surface area contributed by atoms with Crippen LogP contribution in [0.25, 0.3) is 0 Å². The van der Waals surface area contributed by atoms with E-state index in [1.165, 1.54) is 12.8 Å². The number of methoxy groups -OCH3 is 1. The fourth-order valence-corrected chi connectivity index (χ4v) is 4.45. The van der Waals surface area contributed by atoms with Crippen molar-refractivity contribution in [1.29, 1.82) is 0 Å². The Morgan fingerprint density at radius 1 is 1.44 bits per heavy atom. The van der Waals surface area contributed by atoms with Crippen LogP contribution in [0.15, 0.2) is 0 Å². The van der Waals surface area contributed by atoms with Crippen LogP contribution in [0.2, 0.25) is 0 Å². The van der Waals surface area contributed by atoms with Gasteiger partial charge in [-0.05, 0) is 50.9 Å². The number of ether oxygens (including phenoxy) is 2. The molecule has 0 bridgehead atoms. The molecule has 0 radical (unpaired) electrons. The average Bonchev–Trinajstić information content (AvgIpc) is 2.78. The third-order valence-corrected chi connectivity index (χ3v) is 5.32. The topological polar surface area (TPSA) is 35.5 Å². The minimum atomic E-state index is -0.104. The summed E-state index contributed by atoms with van der Waals surface area (Å²) >= 11 is 0. The number of rotatable bonds is 1. The highest BCUT2D eigenvalue weighted by molar-refractivity contribution is 5.75. The van der Waals surface area contributed by atoms with E-state index in [2.05, 4.69) is 6.92 Å². The Labute approximate surface area is 96.5 Å². The Hall–Kier alpha value is -0.570. The second-order valence-electron chi connectivity index (χ2n) is 5.89. The van der Waals surface area contributed by atoms with E-state index in [1.54, 1.807) is 7.11 Å². The van der Waals surface area contributed by atoms with Gasteiger partial charge in [0.05, 0.1) is 11.5 Å². The van der Waals surface area contributed by atoms with Crippen LogP contribution in [0, 0.1) is 23.7 Å². The van der Waals surface area contributed by atoms with E-state index in [1.807, 2.05) is 6.92 Å². The Balaban J connectivity index is 1.97. The molecule has 2 unspecified atom stereocenters. The zero-order valence-corrected chi connectivity index (χ0v) is 10.2. The molecule has 0 N–H and O–H groups in total. The Bertz CT molecular complexity index is 327. The molecule has 3 fully saturated rings. The monoisotopic (exact) mass is 224 g/mol. The molecule has 3 aliphatic rings. The summed E-state index contributed by atoms with van der Waals surface area (Å²) in [5, 5.41) is 0. The molecule has 3 heteroatoms. The van der Waals surface area contributed by atoms with Crippen molar-refractivity contribution in [2.24, 2.45) is 23.7 Å². The van der Waals surface area contributed by atoms with E-state index in [4.69, 9.17) is 9.47 Å². The lowest BCUT2D eigenvalue weighted by molar-refractivity contribution is -0.168. The number of hydrogen-bond donors (Lipinski definition) is 0. The van der Waals surface area contributed by atoms with Crippen LogP contribution in [-0.4, -0.2) is 24.8 Å². The molecular formula is C13H20O3. The second kappa shape index (κ2) is 3.22. The van der Waals surface area contributed by atoms with Gasteiger partial charge in [0.25, 0.3) is 0 Å². The highest BCUT2D eigenvalue weighted by Gasteiger charge is 2.62. The third-order valence-electron chi connectivity index (χ3n) is 5.32. The minimum Gasteiger partial charge on any atom is -0.462 e. The summed E-state index contributed by atoms with van der Waals surface area (Å²) in [6.07, 6.45) is 3.34. The number of carbonyl (C=O) groups excluding carboxylic acids is 1. The van der Waals surface area contributed by atoms with E-state index >= 15 is 0 Å². The predicted molar refractivity (Wildman–Crippen MR) is 58.8 cm³/mol. The number of cyclic esters (lactones) is 1. The molecule has 3 rings (SSSR count). The van der Waals surface area contributed by atoms with Gasteiger partial charge in [-0.15, -0.1) is 0 Å². The fraction of sp³-hybridized carbons (Fsp3) is 0.923. The summed E-state index contributed by atoms with van der Waals surface area (Å²) in [6, 6.07) is 0. The molecule has 1 heterocycles. The van der Waals surface area contributed by atoms with E-state index in [0.29, 0.717) is 17.8 Å². The second-order valence-corrected chi connectivity index (χ2v) is 5.89. The zero-order valence-electron chi connectivity index (χ0n) is 10.2. The van der Waals surface area contributed by atoms with E-state index in [-0.39, 0.29) is 23.6 Å². The van der Waals surface area contributed by atoms with Gasteiger partial charge in [0.2, 0.25) is 0 Å². The van der Waals surface area contributed by atoms with Crippen LogP contribution < -0.4 is 0 Å². The van der Waals surface area contributed by atoms with Crippen molar-refractivity contribution in [1.82, 2.24) is 0 Å². The van der Waals surface area contributed by atoms with Crippen molar-refractivity contribution in [3.8, 4) is 0 Å². The summed E-state index contributed by atoms with van der Waals surface area (Å²) < 4.78 is 11.2. The number of esters is 1. The first kappa shape index (κ1) is 10.6. The van der Waals surface area contributed by atoms with E-state index < -0.39 is 0 Å². The lowest BCUT2D eigenvalue weighted by Crippen LogP contribution is -2.40. The van der Waals surface area contributed by atoms with Gasteiger partial charge < -0.3 is 9.47 Å². The molecule has 0 aromatic rings. The highest BCUT2D eigenvalue weighted by Crippen LogP contribution is 2.59. The summed E-state index contributed by atoms with van der Waals surface area (Å²) in [6.45, 7) is 4.21. The van der Waals surface area contributed by atoms with Gasteiger partial charge >= 0.3 is 5.97 Å². The molecular weight excluding hydrogens is 204 g/mol. The fourth-order valence-electron chi connectivity index (χ4n) is 4.45. The average molecular weight is 224 g/mol. The summed E-state index contributed by atoms with van der Waals surface area (Å²) in [5.41, 5.74) is -0.104. The van der Waals surface area contributed by atoms with Gasteiger partial charge in [0.15, 0.2) is 0 Å². The first-order valence-electron chi connectivity index (χ1n) is 6.32. The molecule has 1 aliphatic heterocycles. The first-order chi connectivity index (χ1) is 7.57. The molecule has 90 valence electrons. The van der Waals surface area contributed by atoms with E-state index in [0.717, 1.165) is 6.42 Å². The first-order valence-corrected chi connectivity index (χ1v) is 6.32. The SMILES string of the molecule is CO[C@]1(C)C[C@H]2C(=O)OC(C)[C@@H]3CC[C@@H]1C32. The molecule has 3 nitrogen and oxygen atoms in total. The number of hydrogen-bond acceptors (Lipinski definition) is 3. The van der Waals surface area contributed by atoms with E-state index in [9.17, 15) is 4.79 Å². The maximum atomic E-state index is 11.9. The molecule has 0 spiro atoms. The standard InChI is InChI=1S/C13H20O3/c1-7-8-4-5-10-11(8)9(12(14)16-7)6-13(10,2)15-3/h7-11H,4-6H2,1-3H3/t7?,8-,9+,10+,11?,13+/m0/s1. The van der Waals surface area contributed by atoms with Crippen LogP contribution in [-0.2, 0) is 14.3 Å². The molecule has 0 amide bonds. The lowest BCUT2D eigenvalue weighted by atomic mass is 9.79. The lowest BCUT2D eigenvalue weighted by Gasteiger charge is -2.34. The Kier molecular flexibility index (Phi) is 2.13. The largest absolute Gasteiger partial charge is 0.462 e. The van der Waals surface area contributed by atoms with Gasteiger partial charge in [0.1, 0.15) is 6.10 Å². The van der Waals surface area contributed by atoms with Crippen LogP contribution in [0.4, 0.5) is 0 Å². The summed E-state index contributed by atoms with van der Waals surface area (Å²) in [7, 11) is 1.78. The molecule has 0 aromatic heterocycles. The molecule has 1 saturated heterocycles. The maximum Gasteiger partial charge on any atom is 0.309 e. The minimum absolute atomic E-state index is 0.0152. The number of carbonyl (C=O) groups is 1. The Morgan fingerprint density at radius 2 is 2.19 bits per heavy atom. The zero-order chi connectivity index (χ0) is 11.5. The van der Waals surface area contributed by atoms with Crippen molar-refractivity contribution < 1.29 is 14.3 Å². The molecule has 2 saturated carbocycles. The summed E-state index contributed by atoms with van der Waals surface area (Å²) in [4.78, 5) is 11.9.